The second kappa shape index (κ2) is 4.20. The molecule has 86 valence electrons. The SMILES string of the molecule is CCCCCC1=c2cc3c(nc2N=N1)=CN=C3. The molecule has 0 unspecified atom stereocenters. The molecule has 1 aromatic heterocycles. The summed E-state index contributed by atoms with van der Waals surface area (Å²) in [5, 5.41) is 10.4. The molecule has 0 N–H and O–H groups in total. The van der Waals surface area contributed by atoms with Crippen LogP contribution in [0.3, 0.4) is 0 Å². The zero-order valence-electron chi connectivity index (χ0n) is 9.85. The highest BCUT2D eigenvalue weighted by Crippen LogP contribution is 2.19. The van der Waals surface area contributed by atoms with Gasteiger partial charge in [0.15, 0.2) is 5.82 Å². The molecule has 4 nitrogen and oxygen atoms in total. The number of aromatic nitrogens is 1. The smallest absolute Gasteiger partial charge is 0.184 e. The van der Waals surface area contributed by atoms with Crippen LogP contribution in [0, 0.1) is 0 Å². The first-order valence-corrected chi connectivity index (χ1v) is 6.08. The molecule has 1 aromatic rings. The highest BCUT2D eigenvalue weighted by molar-refractivity contribution is 5.85. The number of hydrogen-bond donors (Lipinski definition) is 0. The second-order valence-electron chi connectivity index (χ2n) is 4.35. The number of fused-ring (bicyclic) bond motifs is 2. The molecule has 0 fully saturated rings. The lowest BCUT2D eigenvalue weighted by Crippen LogP contribution is -2.17. The van der Waals surface area contributed by atoms with E-state index in [1.807, 2.05) is 6.21 Å². The van der Waals surface area contributed by atoms with Crippen molar-refractivity contribution >= 4 is 23.9 Å². The summed E-state index contributed by atoms with van der Waals surface area (Å²) in [6.45, 7) is 2.20. The first-order valence-electron chi connectivity index (χ1n) is 6.08. The van der Waals surface area contributed by atoms with Crippen molar-refractivity contribution in [2.24, 2.45) is 15.2 Å². The normalized spacial score (nSPS) is 15.0. The highest BCUT2D eigenvalue weighted by atomic mass is 15.2. The van der Waals surface area contributed by atoms with Gasteiger partial charge in [-0.15, -0.1) is 5.11 Å². The van der Waals surface area contributed by atoms with Gasteiger partial charge in [-0.1, -0.05) is 19.8 Å². The van der Waals surface area contributed by atoms with E-state index < -0.39 is 0 Å². The molecule has 17 heavy (non-hydrogen) atoms. The second-order valence-corrected chi connectivity index (χ2v) is 4.35. The summed E-state index contributed by atoms with van der Waals surface area (Å²) in [5.74, 6) is 0.747. The number of aliphatic imine (C=N–C) groups is 1. The summed E-state index contributed by atoms with van der Waals surface area (Å²) in [6, 6.07) is 2.10. The molecule has 0 radical (unpaired) electrons. The molecule has 0 atom stereocenters. The first kappa shape index (κ1) is 10.3. The minimum absolute atomic E-state index is 0.747. The Kier molecular flexibility index (Phi) is 2.55. The van der Waals surface area contributed by atoms with Gasteiger partial charge in [0, 0.05) is 17.0 Å². The van der Waals surface area contributed by atoms with Crippen LogP contribution in [0.15, 0.2) is 21.3 Å². The summed E-state index contributed by atoms with van der Waals surface area (Å²) in [5.41, 5.74) is 2.15. The fraction of sp³-hybridized carbons (Fsp3) is 0.385. The minimum Gasteiger partial charge on any atom is -0.262 e. The molecule has 2 aliphatic rings. The van der Waals surface area contributed by atoms with Gasteiger partial charge in [0.05, 0.1) is 17.2 Å². The van der Waals surface area contributed by atoms with Crippen molar-refractivity contribution in [2.45, 2.75) is 32.6 Å². The minimum atomic E-state index is 0.747. The lowest BCUT2D eigenvalue weighted by atomic mass is 10.1. The molecule has 0 saturated heterocycles. The third kappa shape index (κ3) is 1.79. The molecule has 3 rings (SSSR count). The van der Waals surface area contributed by atoms with Crippen molar-refractivity contribution in [1.29, 1.82) is 0 Å². The number of unbranched alkanes of at least 4 members (excludes halogenated alkanes) is 2. The van der Waals surface area contributed by atoms with Gasteiger partial charge in [-0.2, -0.15) is 5.11 Å². The van der Waals surface area contributed by atoms with E-state index in [1.54, 1.807) is 6.20 Å². The fourth-order valence-corrected chi connectivity index (χ4v) is 2.11. The summed E-state index contributed by atoms with van der Waals surface area (Å²) in [4.78, 5) is 8.55. The molecule has 2 aliphatic heterocycles. The zero-order valence-corrected chi connectivity index (χ0v) is 9.85. The van der Waals surface area contributed by atoms with E-state index >= 15 is 0 Å². The quantitative estimate of drug-likeness (QED) is 0.725. The Morgan fingerprint density at radius 3 is 3.00 bits per heavy atom. The van der Waals surface area contributed by atoms with Gasteiger partial charge < -0.3 is 0 Å². The number of rotatable bonds is 4. The van der Waals surface area contributed by atoms with E-state index in [-0.39, 0.29) is 0 Å². The van der Waals surface area contributed by atoms with Crippen molar-refractivity contribution in [3.63, 3.8) is 0 Å². The first-order chi connectivity index (χ1) is 8.38. The Balaban J connectivity index is 1.99. The predicted octanol–water partition coefficient (Wildman–Crippen LogP) is 2.04. The average Bonchev–Trinajstić information content (AvgIpc) is 2.93. The van der Waals surface area contributed by atoms with Crippen LogP contribution in [0.1, 0.15) is 38.2 Å². The van der Waals surface area contributed by atoms with E-state index in [0.717, 1.165) is 34.1 Å². The molecule has 3 heterocycles. The van der Waals surface area contributed by atoms with Crippen LogP contribution >= 0.6 is 0 Å². The van der Waals surface area contributed by atoms with Crippen LogP contribution in [0.2, 0.25) is 0 Å². The summed E-state index contributed by atoms with van der Waals surface area (Å²) < 4.78 is 0. The average molecular weight is 226 g/mol. The van der Waals surface area contributed by atoms with Crippen molar-refractivity contribution in [3.05, 3.63) is 22.2 Å². The van der Waals surface area contributed by atoms with Crippen LogP contribution in [0.5, 0.6) is 0 Å². The standard InChI is InChI=1S/C13H14N4/c1-2-3-4-5-11-10-6-9-7-14-8-12(9)15-13(10)17-16-11/h6-8H,2-5H2,1H3. The van der Waals surface area contributed by atoms with Gasteiger partial charge in [-0.05, 0) is 18.9 Å². The third-order valence-corrected chi connectivity index (χ3v) is 3.07. The van der Waals surface area contributed by atoms with E-state index in [9.17, 15) is 0 Å². The highest BCUT2D eigenvalue weighted by Gasteiger charge is 2.12. The number of nitrogens with zero attached hydrogens (tertiary/aromatic N) is 4. The summed E-state index contributed by atoms with van der Waals surface area (Å²) in [6.07, 6.45) is 8.22. The van der Waals surface area contributed by atoms with E-state index in [1.165, 1.54) is 19.3 Å². The lowest BCUT2D eigenvalue weighted by molar-refractivity contribution is 0.730. The van der Waals surface area contributed by atoms with Crippen LogP contribution in [0.25, 0.3) is 11.9 Å². The lowest BCUT2D eigenvalue weighted by Gasteiger charge is -1.97. The van der Waals surface area contributed by atoms with E-state index in [2.05, 4.69) is 33.2 Å². The Bertz CT molecular complexity index is 626. The van der Waals surface area contributed by atoms with Crippen molar-refractivity contribution in [3.8, 4) is 0 Å². The third-order valence-electron chi connectivity index (χ3n) is 3.07. The molecule has 0 saturated carbocycles. The molecule has 4 heteroatoms. The fourth-order valence-electron chi connectivity index (χ4n) is 2.11. The van der Waals surface area contributed by atoms with Gasteiger partial charge in [0.1, 0.15) is 0 Å². The van der Waals surface area contributed by atoms with Crippen molar-refractivity contribution in [2.75, 3.05) is 0 Å². The van der Waals surface area contributed by atoms with E-state index in [0.29, 0.717) is 0 Å². The maximum absolute atomic E-state index is 4.45. The Labute approximate surface area is 99.5 Å². The molecule has 0 spiro atoms. The molecule has 0 aromatic carbocycles. The number of azo groups is 1. The Morgan fingerprint density at radius 2 is 2.12 bits per heavy atom. The van der Waals surface area contributed by atoms with Crippen LogP contribution in [-0.2, 0) is 0 Å². The Hall–Kier alpha value is -1.84. The van der Waals surface area contributed by atoms with Crippen molar-refractivity contribution in [1.82, 2.24) is 4.98 Å². The molecule has 0 bridgehead atoms. The largest absolute Gasteiger partial charge is 0.262 e. The van der Waals surface area contributed by atoms with E-state index in [4.69, 9.17) is 0 Å². The molecular formula is C13H14N4. The monoisotopic (exact) mass is 226 g/mol. The number of pyridine rings is 1. The van der Waals surface area contributed by atoms with Gasteiger partial charge in [-0.25, -0.2) is 4.98 Å². The predicted molar refractivity (Wildman–Crippen MR) is 67.6 cm³/mol. The van der Waals surface area contributed by atoms with Gasteiger partial charge in [0.25, 0.3) is 0 Å². The molecule has 0 aliphatic carbocycles. The zero-order chi connectivity index (χ0) is 11.7. The maximum atomic E-state index is 4.45. The topological polar surface area (TPSA) is 50.0 Å². The van der Waals surface area contributed by atoms with Crippen LogP contribution < -0.4 is 10.6 Å². The summed E-state index contributed by atoms with van der Waals surface area (Å²) in [7, 11) is 0. The van der Waals surface area contributed by atoms with Gasteiger partial charge in [0.2, 0.25) is 0 Å². The Morgan fingerprint density at radius 1 is 1.18 bits per heavy atom. The van der Waals surface area contributed by atoms with Gasteiger partial charge in [-0.3, -0.25) is 4.99 Å². The summed E-state index contributed by atoms with van der Waals surface area (Å²) >= 11 is 0. The van der Waals surface area contributed by atoms with Crippen molar-refractivity contribution < 1.29 is 0 Å². The molecular weight excluding hydrogens is 212 g/mol. The maximum Gasteiger partial charge on any atom is 0.184 e. The number of hydrogen-bond acceptors (Lipinski definition) is 4. The van der Waals surface area contributed by atoms with Crippen LogP contribution in [-0.4, -0.2) is 11.2 Å². The van der Waals surface area contributed by atoms with Gasteiger partial charge >= 0.3 is 0 Å². The molecule has 0 amide bonds. The van der Waals surface area contributed by atoms with Crippen LogP contribution in [0.4, 0.5) is 5.82 Å².